The van der Waals surface area contributed by atoms with E-state index in [2.05, 4.69) is 66.1 Å². The van der Waals surface area contributed by atoms with Crippen LogP contribution in [0.25, 0.3) is 0 Å². The summed E-state index contributed by atoms with van der Waals surface area (Å²) in [5, 5.41) is 3.51. The summed E-state index contributed by atoms with van der Waals surface area (Å²) in [7, 11) is 0. The molecule has 18 heavy (non-hydrogen) atoms. The fourth-order valence-electron chi connectivity index (χ4n) is 1.69. The van der Waals surface area contributed by atoms with Gasteiger partial charge in [-0.2, -0.15) is 0 Å². The molecule has 2 heterocycles. The highest BCUT2D eigenvalue weighted by Crippen LogP contribution is 2.38. The van der Waals surface area contributed by atoms with Crippen LogP contribution >= 0.6 is 59.1 Å². The van der Waals surface area contributed by atoms with Crippen LogP contribution in [0.1, 0.15) is 30.7 Å². The zero-order valence-corrected chi connectivity index (χ0v) is 15.2. The van der Waals surface area contributed by atoms with Crippen LogP contribution in [0.15, 0.2) is 34.9 Å². The molecule has 0 aromatic carbocycles. The van der Waals surface area contributed by atoms with Gasteiger partial charge in [-0.3, -0.25) is 0 Å². The highest BCUT2D eigenvalue weighted by Gasteiger charge is 2.21. The van der Waals surface area contributed by atoms with Crippen LogP contribution in [0.4, 0.5) is 0 Å². The van der Waals surface area contributed by atoms with Gasteiger partial charge in [-0.1, -0.05) is 6.92 Å². The summed E-state index contributed by atoms with van der Waals surface area (Å²) in [6.07, 6.45) is 1.08. The van der Waals surface area contributed by atoms with Gasteiger partial charge < -0.3 is 9.73 Å². The van der Waals surface area contributed by atoms with Gasteiger partial charge in [-0.25, -0.2) is 0 Å². The van der Waals surface area contributed by atoms with E-state index in [-0.39, 0.29) is 6.04 Å². The number of furan rings is 1. The minimum Gasteiger partial charge on any atom is -0.452 e. The predicted octanol–water partition coefficient (Wildman–Crippen LogP) is 5.72. The first kappa shape index (κ1) is 14.8. The van der Waals surface area contributed by atoms with Crippen molar-refractivity contribution in [1.82, 2.24) is 5.32 Å². The number of hydrogen-bond acceptors (Lipinski definition) is 3. The summed E-state index contributed by atoms with van der Waals surface area (Å²) in [5.74, 6) is 0.918. The van der Waals surface area contributed by atoms with Crippen molar-refractivity contribution < 1.29 is 4.42 Å². The molecule has 1 N–H and O–H groups in total. The van der Waals surface area contributed by atoms with E-state index in [0.29, 0.717) is 0 Å². The maximum atomic E-state index is 5.68. The van der Waals surface area contributed by atoms with Crippen LogP contribution < -0.4 is 5.32 Å². The Morgan fingerprint density at radius 3 is 2.61 bits per heavy atom. The normalized spacial score (nSPS) is 12.9. The SMILES string of the molecule is CCCNC(c1ccc(Br)o1)c1cc(Br)sc1Br. The van der Waals surface area contributed by atoms with Gasteiger partial charge in [0.2, 0.25) is 0 Å². The summed E-state index contributed by atoms with van der Waals surface area (Å²) < 4.78 is 8.67. The molecule has 0 spiro atoms. The van der Waals surface area contributed by atoms with E-state index in [1.54, 1.807) is 11.3 Å². The van der Waals surface area contributed by atoms with Crippen molar-refractivity contribution in [1.29, 1.82) is 0 Å². The number of halogens is 3. The lowest BCUT2D eigenvalue weighted by atomic mass is 10.1. The monoisotopic (exact) mass is 455 g/mol. The van der Waals surface area contributed by atoms with Gasteiger partial charge in [0.25, 0.3) is 0 Å². The molecule has 1 unspecified atom stereocenters. The molecule has 0 saturated heterocycles. The highest BCUT2D eigenvalue weighted by molar-refractivity contribution is 9.12. The van der Waals surface area contributed by atoms with E-state index >= 15 is 0 Å². The third kappa shape index (κ3) is 3.48. The van der Waals surface area contributed by atoms with Crippen molar-refractivity contribution in [3.63, 3.8) is 0 Å². The lowest BCUT2D eigenvalue weighted by Gasteiger charge is -2.15. The van der Waals surface area contributed by atoms with Crippen molar-refractivity contribution in [3.8, 4) is 0 Å². The second kappa shape index (κ2) is 6.70. The molecule has 6 heteroatoms. The van der Waals surface area contributed by atoms with E-state index in [0.717, 1.165) is 31.0 Å². The first-order valence-corrected chi connectivity index (χ1v) is 8.74. The second-order valence-electron chi connectivity index (χ2n) is 3.81. The lowest BCUT2D eigenvalue weighted by Crippen LogP contribution is -2.22. The maximum absolute atomic E-state index is 5.68. The van der Waals surface area contributed by atoms with Crippen LogP contribution in [0, 0.1) is 0 Å². The molecule has 0 aliphatic rings. The molecule has 0 amide bonds. The average Bonchev–Trinajstić information content (AvgIpc) is 2.87. The Bertz CT molecular complexity index is 523. The predicted molar refractivity (Wildman–Crippen MR) is 86.3 cm³/mol. The third-order valence-corrected chi connectivity index (χ3v) is 5.28. The Labute approximate surface area is 136 Å². The molecular formula is C12H12Br3NOS. The van der Waals surface area contributed by atoms with Crippen molar-refractivity contribution in [3.05, 3.63) is 41.8 Å². The minimum atomic E-state index is 0.0770. The molecule has 98 valence electrons. The van der Waals surface area contributed by atoms with Gasteiger partial charge >= 0.3 is 0 Å². The largest absolute Gasteiger partial charge is 0.452 e. The Hall–Kier alpha value is 0.380. The standard InChI is InChI=1S/C12H12Br3NOS/c1-2-5-16-11(8-3-4-9(13)17-8)7-6-10(14)18-12(7)15/h3-4,6,11,16H,2,5H2,1H3. The molecule has 2 aromatic rings. The molecule has 0 saturated carbocycles. The van der Waals surface area contributed by atoms with Crippen molar-refractivity contribution >= 4 is 59.1 Å². The molecule has 0 fully saturated rings. The second-order valence-corrected chi connectivity index (χ2v) is 8.34. The number of thiophene rings is 1. The van der Waals surface area contributed by atoms with Crippen LogP contribution in [0.2, 0.25) is 0 Å². The van der Waals surface area contributed by atoms with Gasteiger partial charge in [-0.05, 0) is 79.0 Å². The smallest absolute Gasteiger partial charge is 0.169 e. The van der Waals surface area contributed by atoms with Gasteiger partial charge in [0.15, 0.2) is 4.67 Å². The Kier molecular flexibility index (Phi) is 5.50. The van der Waals surface area contributed by atoms with Crippen LogP contribution in [-0.2, 0) is 0 Å². The zero-order valence-electron chi connectivity index (χ0n) is 9.67. The minimum absolute atomic E-state index is 0.0770. The Morgan fingerprint density at radius 2 is 2.11 bits per heavy atom. The quantitative estimate of drug-likeness (QED) is 0.621. The van der Waals surface area contributed by atoms with Crippen molar-refractivity contribution in [2.45, 2.75) is 19.4 Å². The molecule has 0 bridgehead atoms. The van der Waals surface area contributed by atoms with Crippen LogP contribution in [0.3, 0.4) is 0 Å². The summed E-state index contributed by atoms with van der Waals surface area (Å²) in [5.41, 5.74) is 1.20. The molecule has 1 atom stereocenters. The van der Waals surface area contributed by atoms with Gasteiger partial charge in [0.1, 0.15) is 5.76 Å². The number of hydrogen-bond donors (Lipinski definition) is 1. The molecule has 0 aliphatic carbocycles. The average molecular weight is 458 g/mol. The van der Waals surface area contributed by atoms with Crippen LogP contribution in [-0.4, -0.2) is 6.54 Å². The molecule has 0 radical (unpaired) electrons. The molecule has 2 aromatic heterocycles. The van der Waals surface area contributed by atoms with E-state index in [9.17, 15) is 0 Å². The van der Waals surface area contributed by atoms with E-state index < -0.39 is 0 Å². The van der Waals surface area contributed by atoms with Crippen molar-refractivity contribution in [2.75, 3.05) is 6.54 Å². The summed E-state index contributed by atoms with van der Waals surface area (Å²) in [6.45, 7) is 3.10. The fraction of sp³-hybridized carbons (Fsp3) is 0.333. The molecule has 2 nitrogen and oxygen atoms in total. The first-order chi connectivity index (χ1) is 8.61. The number of nitrogens with one attached hydrogen (secondary N) is 1. The lowest BCUT2D eigenvalue weighted by molar-refractivity contribution is 0.433. The molecule has 2 rings (SSSR count). The summed E-state index contributed by atoms with van der Waals surface area (Å²) in [4.78, 5) is 0. The Morgan fingerprint density at radius 1 is 1.33 bits per heavy atom. The van der Waals surface area contributed by atoms with Gasteiger partial charge in [-0.15, -0.1) is 11.3 Å². The van der Waals surface area contributed by atoms with Crippen LogP contribution in [0.5, 0.6) is 0 Å². The van der Waals surface area contributed by atoms with Gasteiger partial charge in [0.05, 0.1) is 13.6 Å². The molecular weight excluding hydrogens is 446 g/mol. The highest BCUT2D eigenvalue weighted by atomic mass is 79.9. The maximum Gasteiger partial charge on any atom is 0.169 e. The van der Waals surface area contributed by atoms with Gasteiger partial charge in [0, 0.05) is 5.56 Å². The van der Waals surface area contributed by atoms with E-state index in [1.807, 2.05) is 12.1 Å². The summed E-state index contributed by atoms with van der Waals surface area (Å²) >= 11 is 12.2. The zero-order chi connectivity index (χ0) is 13.1. The molecule has 0 aliphatic heterocycles. The fourth-order valence-corrected chi connectivity index (χ4v) is 4.91. The van der Waals surface area contributed by atoms with E-state index in [1.165, 1.54) is 5.56 Å². The van der Waals surface area contributed by atoms with Crippen molar-refractivity contribution in [2.24, 2.45) is 0 Å². The van der Waals surface area contributed by atoms with E-state index in [4.69, 9.17) is 4.42 Å². The summed E-state index contributed by atoms with van der Waals surface area (Å²) in [6, 6.07) is 6.12. The Balaban J connectivity index is 2.33. The third-order valence-electron chi connectivity index (χ3n) is 2.47. The topological polar surface area (TPSA) is 25.2 Å². The number of rotatable bonds is 5. The first-order valence-electron chi connectivity index (χ1n) is 5.55.